The highest BCUT2D eigenvalue weighted by molar-refractivity contribution is 6.31. The van der Waals surface area contributed by atoms with E-state index in [1.807, 2.05) is 36.5 Å². The minimum Gasteiger partial charge on any atom is -0.365 e. The number of hydrogen-bond donors (Lipinski definition) is 2. The van der Waals surface area contributed by atoms with E-state index in [1.54, 1.807) is 12.3 Å². The molecule has 4 aromatic rings. The zero-order valence-electron chi connectivity index (χ0n) is 13.0. The van der Waals surface area contributed by atoms with E-state index in [0.29, 0.717) is 16.7 Å². The van der Waals surface area contributed by atoms with Crippen molar-refractivity contribution in [3.8, 4) is 11.1 Å². The Morgan fingerprint density at radius 1 is 1.04 bits per heavy atom. The summed E-state index contributed by atoms with van der Waals surface area (Å²) in [5, 5.41) is 5.43. The van der Waals surface area contributed by atoms with E-state index in [2.05, 4.69) is 25.3 Å². The van der Waals surface area contributed by atoms with Gasteiger partial charge in [0.2, 0.25) is 0 Å². The van der Waals surface area contributed by atoms with Crippen molar-refractivity contribution in [2.45, 2.75) is 6.54 Å². The van der Waals surface area contributed by atoms with Crippen molar-refractivity contribution in [3.63, 3.8) is 0 Å². The third-order valence-electron chi connectivity index (χ3n) is 3.85. The van der Waals surface area contributed by atoms with Crippen molar-refractivity contribution in [3.05, 3.63) is 70.9 Å². The van der Waals surface area contributed by atoms with Gasteiger partial charge in [0.25, 0.3) is 0 Å². The van der Waals surface area contributed by atoms with Gasteiger partial charge in [0.1, 0.15) is 22.9 Å². The molecular weight excluding hydrogens is 357 g/mol. The molecule has 0 aliphatic rings. The molecule has 0 aliphatic carbocycles. The molecule has 0 radical (unpaired) electrons. The highest BCUT2D eigenvalue weighted by atomic mass is 35.5. The first kappa shape index (κ1) is 15.9. The number of aromatic nitrogens is 4. The summed E-state index contributed by atoms with van der Waals surface area (Å²) in [6.45, 7) is 0.580. The summed E-state index contributed by atoms with van der Waals surface area (Å²) < 4.78 is 0. The van der Waals surface area contributed by atoms with Crippen LogP contribution >= 0.6 is 23.2 Å². The van der Waals surface area contributed by atoms with Crippen LogP contribution in [-0.4, -0.2) is 19.9 Å². The molecular formula is C18H13Cl2N5. The van der Waals surface area contributed by atoms with Crippen LogP contribution in [0.4, 0.5) is 5.82 Å². The molecule has 1 aromatic carbocycles. The summed E-state index contributed by atoms with van der Waals surface area (Å²) in [5.74, 6) is 0.746. The zero-order chi connectivity index (χ0) is 17.2. The first-order chi connectivity index (χ1) is 12.2. The monoisotopic (exact) mass is 369 g/mol. The molecule has 0 unspecified atom stereocenters. The number of H-pyrrole nitrogens is 1. The number of rotatable bonds is 4. The maximum Gasteiger partial charge on any atom is 0.143 e. The van der Waals surface area contributed by atoms with Gasteiger partial charge in [-0.3, -0.25) is 0 Å². The maximum atomic E-state index is 6.13. The van der Waals surface area contributed by atoms with Crippen LogP contribution in [0.5, 0.6) is 0 Å². The summed E-state index contributed by atoms with van der Waals surface area (Å²) in [7, 11) is 0. The normalized spacial score (nSPS) is 11.0. The van der Waals surface area contributed by atoms with Crippen LogP contribution in [-0.2, 0) is 6.54 Å². The molecule has 3 aromatic heterocycles. The van der Waals surface area contributed by atoms with Crippen LogP contribution in [0.3, 0.4) is 0 Å². The van der Waals surface area contributed by atoms with E-state index in [1.165, 1.54) is 6.33 Å². The average molecular weight is 370 g/mol. The molecule has 0 bridgehead atoms. The topological polar surface area (TPSA) is 66.5 Å². The lowest BCUT2D eigenvalue weighted by molar-refractivity contribution is 1.08. The minimum absolute atomic E-state index is 0.474. The van der Waals surface area contributed by atoms with Crippen LogP contribution in [0.2, 0.25) is 10.2 Å². The second-order valence-corrected chi connectivity index (χ2v) is 6.32. The Kier molecular flexibility index (Phi) is 4.26. The first-order valence-electron chi connectivity index (χ1n) is 7.63. The molecule has 0 saturated carbocycles. The molecule has 124 valence electrons. The molecule has 3 heterocycles. The predicted molar refractivity (Wildman–Crippen MR) is 101 cm³/mol. The number of fused-ring (bicyclic) bond motifs is 1. The van der Waals surface area contributed by atoms with E-state index < -0.39 is 0 Å². The van der Waals surface area contributed by atoms with E-state index >= 15 is 0 Å². The molecule has 0 fully saturated rings. The van der Waals surface area contributed by atoms with Crippen molar-refractivity contribution in [1.82, 2.24) is 19.9 Å². The Balaban J connectivity index is 1.71. The second kappa shape index (κ2) is 6.70. The van der Waals surface area contributed by atoms with Gasteiger partial charge in [-0.1, -0.05) is 41.4 Å². The Hall–Kier alpha value is -2.63. The Labute approximate surface area is 154 Å². The predicted octanol–water partition coefficient (Wildman–Crippen LogP) is 4.94. The fourth-order valence-electron chi connectivity index (χ4n) is 2.68. The van der Waals surface area contributed by atoms with Crippen LogP contribution in [0.25, 0.3) is 22.2 Å². The van der Waals surface area contributed by atoms with Crippen LogP contribution < -0.4 is 5.32 Å². The van der Waals surface area contributed by atoms with Gasteiger partial charge in [-0.2, -0.15) is 0 Å². The van der Waals surface area contributed by atoms with Crippen molar-refractivity contribution in [1.29, 1.82) is 0 Å². The summed E-state index contributed by atoms with van der Waals surface area (Å²) in [5.41, 5.74) is 3.78. The van der Waals surface area contributed by atoms with Gasteiger partial charge in [0.05, 0.1) is 5.39 Å². The van der Waals surface area contributed by atoms with Crippen molar-refractivity contribution >= 4 is 40.1 Å². The molecule has 0 aliphatic heterocycles. The molecule has 25 heavy (non-hydrogen) atoms. The van der Waals surface area contributed by atoms with Crippen LogP contribution in [0.15, 0.2) is 55.1 Å². The van der Waals surface area contributed by atoms with Gasteiger partial charge in [-0.05, 0) is 29.3 Å². The largest absolute Gasteiger partial charge is 0.365 e. The lowest BCUT2D eigenvalue weighted by atomic mass is 10.1. The Morgan fingerprint density at radius 3 is 2.76 bits per heavy atom. The highest BCUT2D eigenvalue weighted by Gasteiger charge is 2.13. The lowest BCUT2D eigenvalue weighted by Crippen LogP contribution is -2.02. The van der Waals surface area contributed by atoms with Gasteiger partial charge in [-0.25, -0.2) is 15.0 Å². The van der Waals surface area contributed by atoms with E-state index in [-0.39, 0.29) is 0 Å². The van der Waals surface area contributed by atoms with E-state index in [4.69, 9.17) is 23.2 Å². The van der Waals surface area contributed by atoms with Gasteiger partial charge in [-0.15, -0.1) is 0 Å². The summed E-state index contributed by atoms with van der Waals surface area (Å²) >= 11 is 12.0. The Bertz CT molecular complexity index is 1030. The average Bonchev–Trinajstić information content (AvgIpc) is 3.06. The number of nitrogens with one attached hydrogen (secondary N) is 2. The molecule has 2 N–H and O–H groups in total. The number of anilines is 1. The fourth-order valence-corrected chi connectivity index (χ4v) is 2.98. The lowest BCUT2D eigenvalue weighted by Gasteiger charge is -2.08. The highest BCUT2D eigenvalue weighted by Crippen LogP contribution is 2.33. The molecule has 0 atom stereocenters. The van der Waals surface area contributed by atoms with Crippen LogP contribution in [0.1, 0.15) is 5.56 Å². The van der Waals surface area contributed by atoms with Crippen molar-refractivity contribution in [2.24, 2.45) is 0 Å². The maximum absolute atomic E-state index is 6.13. The molecule has 0 amide bonds. The quantitative estimate of drug-likeness (QED) is 0.500. The van der Waals surface area contributed by atoms with Crippen molar-refractivity contribution < 1.29 is 0 Å². The summed E-state index contributed by atoms with van der Waals surface area (Å²) in [6.07, 6.45) is 5.19. The number of hydrogen-bond acceptors (Lipinski definition) is 4. The van der Waals surface area contributed by atoms with Crippen LogP contribution in [0, 0.1) is 0 Å². The molecule has 0 spiro atoms. The van der Waals surface area contributed by atoms with Gasteiger partial charge in [0.15, 0.2) is 0 Å². The smallest absolute Gasteiger partial charge is 0.143 e. The SMILES string of the molecule is Clc1cccc(-c2c[nH]c3ncnc(NCc4ccc(Cl)nc4)c23)c1. The fraction of sp³-hybridized carbons (Fsp3) is 0.0556. The molecule has 7 heteroatoms. The van der Waals surface area contributed by atoms with Gasteiger partial charge in [0, 0.05) is 29.5 Å². The zero-order valence-corrected chi connectivity index (χ0v) is 14.5. The van der Waals surface area contributed by atoms with Gasteiger partial charge >= 0.3 is 0 Å². The first-order valence-corrected chi connectivity index (χ1v) is 8.38. The summed E-state index contributed by atoms with van der Waals surface area (Å²) in [4.78, 5) is 16.0. The standard InChI is InChI=1S/C18H13Cl2N5/c19-13-3-1-2-12(6-13)14-9-23-18-16(14)17(24-10-25-18)22-8-11-4-5-15(20)21-7-11/h1-7,9-10H,8H2,(H2,22,23,24,25). The Morgan fingerprint density at radius 2 is 1.96 bits per heavy atom. The second-order valence-electron chi connectivity index (χ2n) is 5.50. The minimum atomic E-state index is 0.474. The molecule has 4 rings (SSSR count). The third kappa shape index (κ3) is 3.29. The van der Waals surface area contributed by atoms with Crippen molar-refractivity contribution in [2.75, 3.05) is 5.32 Å². The van der Waals surface area contributed by atoms with E-state index in [0.717, 1.165) is 33.5 Å². The number of nitrogens with zero attached hydrogens (tertiary/aromatic N) is 3. The number of halogens is 2. The molecule has 0 saturated heterocycles. The number of pyridine rings is 1. The van der Waals surface area contributed by atoms with Gasteiger partial charge < -0.3 is 10.3 Å². The van der Waals surface area contributed by atoms with E-state index in [9.17, 15) is 0 Å². The number of aromatic amines is 1. The third-order valence-corrected chi connectivity index (χ3v) is 4.31. The summed E-state index contributed by atoms with van der Waals surface area (Å²) in [6, 6.07) is 11.4. The number of benzene rings is 1. The molecule has 5 nitrogen and oxygen atoms in total.